The Balaban J connectivity index is 7.45. The molecule has 0 aromatic carbocycles. The van der Waals surface area contributed by atoms with Gasteiger partial charge in [0.05, 0.1) is 0 Å². The Morgan fingerprint density at radius 2 is 0.576 bits per heavy atom. The van der Waals surface area contributed by atoms with Crippen LogP contribution in [0.2, 0.25) is 0 Å². The summed E-state index contributed by atoms with van der Waals surface area (Å²) in [7, 11) is 105. The molecule has 0 nitrogen and oxygen atoms in total. The van der Waals surface area contributed by atoms with Gasteiger partial charge in [-0.15, -0.1) is 6.39 Å². The second-order valence-electron chi connectivity index (χ2n) is 8.85. The first-order chi connectivity index (χ1) is 15.0. The summed E-state index contributed by atoms with van der Waals surface area (Å²) in [6.07, 6.45) is -14.8. The van der Waals surface area contributed by atoms with Gasteiger partial charge in [-0.2, -0.15) is 0 Å². The third kappa shape index (κ3) is 9.75. The van der Waals surface area contributed by atoms with Crippen molar-refractivity contribution in [2.24, 2.45) is 0 Å². The smallest absolute Gasteiger partial charge is 0.000000000000247 e. The van der Waals surface area contributed by atoms with Gasteiger partial charge in [-0.1, -0.05) is 0 Å². The first kappa shape index (κ1) is 35.1. The Morgan fingerprint density at radius 1 is 0.364 bits per heavy atom. The van der Waals surface area contributed by atoms with Gasteiger partial charge in [0, 0.05) is 0 Å². The summed E-state index contributed by atoms with van der Waals surface area (Å²) >= 11 is 0. The summed E-state index contributed by atoms with van der Waals surface area (Å²) < 4.78 is 0. The third-order valence-electron chi connectivity index (χ3n) is 6.44. The van der Waals surface area contributed by atoms with E-state index in [4.69, 9.17) is 132 Å². The van der Waals surface area contributed by atoms with E-state index in [0.29, 0.717) is 0 Å². The van der Waals surface area contributed by atoms with Gasteiger partial charge in [0.2, 0.25) is 0 Å². The number of hydrogen-bond acceptors (Lipinski definition) is 0. The molecule has 0 saturated carbocycles. The first-order valence-corrected chi connectivity index (χ1v) is 10.7. The van der Waals surface area contributed by atoms with Gasteiger partial charge in [-0.25, -0.2) is 0 Å². The van der Waals surface area contributed by atoms with Crippen molar-refractivity contribution in [3.63, 3.8) is 0 Å². The number of hydrogen-bond donors (Lipinski definition) is 0. The molecular formula is B33-3. The van der Waals surface area contributed by atoms with Crippen LogP contribution in [0.5, 0.6) is 0 Å². The molecule has 0 atom stereocenters. The molecule has 0 N–H and O–H groups in total. The summed E-state index contributed by atoms with van der Waals surface area (Å²) in [6.45, 7) is 0. The molecule has 0 rings (SSSR count). The van der Waals surface area contributed by atoms with Crippen LogP contribution in [0.3, 0.4) is 0 Å². The molecule has 0 unspecified atom stereocenters. The van der Waals surface area contributed by atoms with Gasteiger partial charge in [-0.05, 0) is 191 Å². The van der Waals surface area contributed by atoms with Crippen LogP contribution in [0.15, 0.2) is 0 Å². The van der Waals surface area contributed by atoms with E-state index < -0.39 is 95.8 Å². The molecule has 0 bridgehead atoms. The second kappa shape index (κ2) is 16.2. The molecule has 0 saturated heterocycles. The van der Waals surface area contributed by atoms with Crippen LogP contribution in [0.25, 0.3) is 0 Å². The first-order valence-electron chi connectivity index (χ1n) is 10.7. The molecule has 0 spiro atoms. The fourth-order valence-electron chi connectivity index (χ4n) is 5.13. The molecule has 38 radical (unpaired) electrons. The Hall–Kier alpha value is 2.14. The van der Waals surface area contributed by atoms with E-state index in [9.17, 15) is 0 Å². The lowest BCUT2D eigenvalue weighted by atomic mass is 8.30. The van der Waals surface area contributed by atoms with Crippen LogP contribution in [0.1, 0.15) is 0 Å². The third-order valence-corrected chi connectivity index (χ3v) is 6.44. The molecule has 0 aromatic rings. The molecule has 0 amide bonds. The highest BCUT2D eigenvalue weighted by molar-refractivity contribution is 8.29. The van der Waals surface area contributed by atoms with E-state index in [1.54, 1.807) is 0 Å². The summed E-state index contributed by atoms with van der Waals surface area (Å²) in [4.78, 5) is 0. The lowest BCUT2D eigenvalue weighted by molar-refractivity contribution is 3.24. The zero-order valence-electron chi connectivity index (χ0n) is 19.1. The summed E-state index contributed by atoms with van der Waals surface area (Å²) in [5, 5.41) is 0. The van der Waals surface area contributed by atoms with Gasteiger partial charge < -0.3 is 29.6 Å². The van der Waals surface area contributed by atoms with Crippen molar-refractivity contribution in [3.05, 3.63) is 0 Å². The van der Waals surface area contributed by atoms with E-state index >= 15 is 0 Å². The van der Waals surface area contributed by atoms with Crippen LogP contribution in [-0.4, -0.2) is 234 Å². The lowest BCUT2D eigenvalue weighted by Crippen LogP contribution is -2.89. The molecule has 102 valence electrons. The largest absolute Gasteiger partial charge is 0.729 e. The highest BCUT2D eigenvalue weighted by Crippen LogP contribution is 2.15. The normalized spacial score (nSPS) is 9.55. The molecule has 0 aromatic heterocycles. The Labute approximate surface area is 233 Å². The van der Waals surface area contributed by atoms with Gasteiger partial charge in [0.1, 0.15) is 0 Å². The maximum atomic E-state index is 6.21. The molecule has 0 fully saturated rings. The Bertz CT molecular complexity index is 448. The predicted molar refractivity (Wildman–Crippen MR) is 190 cm³/mol. The topological polar surface area (TPSA) is 0 Å². The summed E-state index contributed by atoms with van der Waals surface area (Å²) in [6, 6.07) is 0. The Kier molecular flexibility index (Phi) is 17.2. The Morgan fingerprint density at radius 3 is 0.727 bits per heavy atom. The quantitative estimate of drug-likeness (QED) is 0.256. The molecular weight excluding hydrogens is 357 g/mol. The maximum Gasteiger partial charge on any atom is -0.000000000000247 e. The van der Waals surface area contributed by atoms with Crippen molar-refractivity contribution in [1.82, 2.24) is 0 Å². The van der Waals surface area contributed by atoms with E-state index in [2.05, 4.69) is 0 Å². The second-order valence-corrected chi connectivity index (χ2v) is 8.85. The highest BCUT2D eigenvalue weighted by Gasteiger charge is 2.52. The maximum absolute atomic E-state index is 6.21. The monoisotopic (exact) mass is 363 g/mol. The summed E-state index contributed by atoms with van der Waals surface area (Å²) in [5.41, 5.74) is 0. The van der Waals surface area contributed by atoms with E-state index in [0.717, 1.165) is 0 Å². The van der Waals surface area contributed by atoms with E-state index in [1.807, 2.05) is 0 Å². The van der Waals surface area contributed by atoms with Crippen LogP contribution < -0.4 is 0 Å². The minimum Gasteiger partial charge on any atom is -0.729 e. The van der Waals surface area contributed by atoms with Crippen LogP contribution in [0, 0.1) is 0 Å². The molecule has 0 heterocycles. The van der Waals surface area contributed by atoms with Crippen molar-refractivity contribution < 1.29 is 0 Å². The van der Waals surface area contributed by atoms with Crippen molar-refractivity contribution in [2.45, 2.75) is 0 Å². The molecule has 33 heteroatoms. The average molecular weight is 357 g/mol. The van der Waals surface area contributed by atoms with Gasteiger partial charge in [-0.3, -0.25) is 7.06 Å². The standard InChI is InChI=1S/B33/c1-18-27(19(2)3)31(26(16)17)33(30(24(12)13)25(14)15)32(28(20(4)5)21(6)7)29(22(8)9)23(10)11/q-3. The zero-order chi connectivity index (χ0) is 26.4. The van der Waals surface area contributed by atoms with Crippen LogP contribution >= 0.6 is 0 Å². The van der Waals surface area contributed by atoms with E-state index in [-0.39, 0.29) is 0 Å². The van der Waals surface area contributed by atoms with Crippen LogP contribution in [0.4, 0.5) is 0 Å². The fraction of sp³-hybridized carbons (Fsp3) is 0. The van der Waals surface area contributed by atoms with E-state index in [1.165, 1.54) is 7.06 Å². The van der Waals surface area contributed by atoms with Gasteiger partial charge >= 0.3 is 0 Å². The van der Waals surface area contributed by atoms with Gasteiger partial charge in [0.25, 0.3) is 0 Å². The van der Waals surface area contributed by atoms with Crippen molar-refractivity contribution >= 4 is 234 Å². The van der Waals surface area contributed by atoms with Gasteiger partial charge in [0.15, 0.2) is 0 Å². The lowest BCUT2D eigenvalue weighted by Gasteiger charge is -2.57. The molecule has 0 aliphatic rings. The molecule has 33 heavy (non-hydrogen) atoms. The van der Waals surface area contributed by atoms with Crippen molar-refractivity contribution in [3.8, 4) is 0 Å². The van der Waals surface area contributed by atoms with Crippen LogP contribution in [-0.2, 0) is 0 Å². The SMILES string of the molecule is [B]B([B])B(B([B])[B])B(B(B([B])[B])B([B])[B])B(B(B([B])[B])B([B])[B])B(B([B])[B])B([B][B-])B([B-])[B-]. The zero-order valence-corrected chi connectivity index (χ0v) is 19.1. The van der Waals surface area contributed by atoms with Crippen molar-refractivity contribution in [1.29, 1.82) is 0 Å². The predicted octanol–water partition coefficient (Wildman–Crippen LogP) is -12.6. The summed E-state index contributed by atoms with van der Waals surface area (Å²) in [5.74, 6) is 0. The average Bonchev–Trinajstić information content (AvgIpc) is 2.61. The number of rotatable bonds is 15. The molecule has 0 aliphatic carbocycles. The fourth-order valence-corrected chi connectivity index (χ4v) is 5.13. The minimum absolute atomic E-state index is 0.787. The minimum atomic E-state index is -1.10. The molecule has 0 aliphatic heterocycles. The highest BCUT2D eigenvalue weighted by atomic mass is 13.3. The van der Waals surface area contributed by atoms with Crippen molar-refractivity contribution in [2.75, 3.05) is 0 Å².